The van der Waals surface area contributed by atoms with Crippen molar-refractivity contribution in [3.05, 3.63) is 56.9 Å². The average molecular weight is 348 g/mol. The van der Waals surface area contributed by atoms with E-state index in [1.807, 2.05) is 0 Å². The molecule has 0 atom stereocenters. The maximum Gasteiger partial charge on any atom is 0.296 e. The molecule has 0 radical (unpaired) electrons. The van der Waals surface area contributed by atoms with E-state index in [9.17, 15) is 9.59 Å². The maximum absolute atomic E-state index is 12.4. The monoisotopic (exact) mass is 347 g/mol. The van der Waals surface area contributed by atoms with Crippen molar-refractivity contribution in [3.63, 3.8) is 0 Å². The van der Waals surface area contributed by atoms with Gasteiger partial charge in [-0.15, -0.1) is 0 Å². The summed E-state index contributed by atoms with van der Waals surface area (Å²) in [4.78, 5) is 28.3. The number of hydrogen-bond donors (Lipinski definition) is 1. The molecule has 0 aliphatic carbocycles. The standard InChI is InChI=1S/C14H10BrN3O3/c1-7-9(4-5-21-7)14(20)18(16)12-10-6-8(15)2-3-11(10)17-13(12)19/h2-6H,16H2,1H3. The van der Waals surface area contributed by atoms with Gasteiger partial charge in [-0.05, 0) is 31.2 Å². The van der Waals surface area contributed by atoms with Crippen molar-refractivity contribution in [2.24, 2.45) is 10.8 Å². The Morgan fingerprint density at radius 2 is 2.14 bits per heavy atom. The normalized spacial score (nSPS) is 13.1. The summed E-state index contributed by atoms with van der Waals surface area (Å²) in [6.07, 6.45) is 1.40. The minimum absolute atomic E-state index is 0.0527. The van der Waals surface area contributed by atoms with E-state index in [1.54, 1.807) is 25.1 Å². The van der Waals surface area contributed by atoms with Crippen molar-refractivity contribution in [1.29, 1.82) is 0 Å². The van der Waals surface area contributed by atoms with Crippen molar-refractivity contribution in [1.82, 2.24) is 5.01 Å². The molecule has 0 saturated carbocycles. The highest BCUT2D eigenvalue weighted by atomic mass is 79.9. The molecule has 7 heteroatoms. The van der Waals surface area contributed by atoms with Crippen LogP contribution in [0.25, 0.3) is 5.70 Å². The van der Waals surface area contributed by atoms with Crippen LogP contribution in [0.3, 0.4) is 0 Å². The lowest BCUT2D eigenvalue weighted by Gasteiger charge is -2.15. The van der Waals surface area contributed by atoms with E-state index in [1.165, 1.54) is 12.3 Å². The first kappa shape index (κ1) is 13.7. The fourth-order valence-corrected chi connectivity index (χ4v) is 2.51. The molecule has 2 amide bonds. The Morgan fingerprint density at radius 1 is 1.38 bits per heavy atom. The number of nitrogens with zero attached hydrogens (tertiary/aromatic N) is 2. The summed E-state index contributed by atoms with van der Waals surface area (Å²) < 4.78 is 5.85. The Bertz CT molecular complexity index is 885. The smallest absolute Gasteiger partial charge is 0.296 e. The summed E-state index contributed by atoms with van der Waals surface area (Å²) in [7, 11) is 0. The summed E-state index contributed by atoms with van der Waals surface area (Å²) in [6, 6.07) is 6.66. The Kier molecular flexibility index (Phi) is 3.23. The molecule has 2 aromatic rings. The molecular weight excluding hydrogens is 338 g/mol. The van der Waals surface area contributed by atoms with Crippen molar-refractivity contribution >= 4 is 33.4 Å². The van der Waals surface area contributed by atoms with E-state index in [-0.39, 0.29) is 5.70 Å². The molecule has 2 heterocycles. The van der Waals surface area contributed by atoms with Gasteiger partial charge in [0, 0.05) is 9.69 Å². The van der Waals surface area contributed by atoms with Gasteiger partial charge in [-0.2, -0.15) is 0 Å². The minimum atomic E-state index is -0.542. The average Bonchev–Trinajstić information content (AvgIpc) is 3.00. The Labute approximate surface area is 127 Å². The third-order valence-electron chi connectivity index (χ3n) is 3.19. The van der Waals surface area contributed by atoms with Crippen LogP contribution in [-0.4, -0.2) is 16.8 Å². The second-order valence-corrected chi connectivity index (χ2v) is 5.41. The van der Waals surface area contributed by atoms with Crippen molar-refractivity contribution in [2.75, 3.05) is 0 Å². The van der Waals surface area contributed by atoms with Gasteiger partial charge in [0.15, 0.2) is 0 Å². The predicted octanol–water partition coefficient (Wildman–Crippen LogP) is 0.635. The second-order valence-electron chi connectivity index (χ2n) is 4.49. The molecule has 0 unspecified atom stereocenters. The summed E-state index contributed by atoms with van der Waals surface area (Å²) >= 11 is 3.32. The van der Waals surface area contributed by atoms with Crippen LogP contribution in [0.2, 0.25) is 0 Å². The number of halogens is 1. The van der Waals surface area contributed by atoms with Crippen molar-refractivity contribution in [2.45, 2.75) is 6.92 Å². The first-order valence-corrected chi connectivity index (χ1v) is 6.84. The van der Waals surface area contributed by atoms with Crippen molar-refractivity contribution in [3.8, 4) is 0 Å². The van der Waals surface area contributed by atoms with Crippen LogP contribution in [0.1, 0.15) is 16.1 Å². The van der Waals surface area contributed by atoms with E-state index in [0.717, 1.165) is 9.48 Å². The van der Waals surface area contributed by atoms with Gasteiger partial charge in [0.25, 0.3) is 11.8 Å². The molecular formula is C14H10BrN3O3. The molecule has 1 aromatic heterocycles. The lowest BCUT2D eigenvalue weighted by atomic mass is 10.2. The van der Waals surface area contributed by atoms with Gasteiger partial charge in [0.2, 0.25) is 0 Å². The molecule has 0 bridgehead atoms. The summed E-state index contributed by atoms with van der Waals surface area (Å²) in [5.41, 5.74) is 0.359. The second kappa shape index (κ2) is 4.94. The molecule has 21 heavy (non-hydrogen) atoms. The first-order chi connectivity index (χ1) is 9.99. The Hall–Kier alpha value is -2.25. The Balaban J connectivity index is 2.14. The third-order valence-corrected chi connectivity index (χ3v) is 3.68. The van der Waals surface area contributed by atoms with Crippen LogP contribution in [0.15, 0.2) is 44.4 Å². The highest BCUT2D eigenvalue weighted by Gasteiger charge is 2.27. The zero-order chi connectivity index (χ0) is 15.1. The number of carbonyl (C=O) groups excluding carboxylic acids is 2. The first-order valence-electron chi connectivity index (χ1n) is 6.05. The van der Waals surface area contributed by atoms with Crippen LogP contribution in [-0.2, 0) is 4.79 Å². The fraction of sp³-hybridized carbons (Fsp3) is 0.0714. The molecule has 1 aliphatic rings. The molecule has 1 aliphatic heterocycles. The molecule has 6 nitrogen and oxygen atoms in total. The summed E-state index contributed by atoms with van der Waals surface area (Å²) in [5.74, 6) is 5.22. The largest absolute Gasteiger partial charge is 0.469 e. The summed E-state index contributed by atoms with van der Waals surface area (Å²) in [6.45, 7) is 1.65. The van der Waals surface area contributed by atoms with Crippen LogP contribution in [0, 0.1) is 6.92 Å². The number of aryl methyl sites for hydroxylation is 1. The number of fused-ring (bicyclic) bond motifs is 1. The highest BCUT2D eigenvalue weighted by Crippen LogP contribution is 2.15. The van der Waals surface area contributed by atoms with Crippen LogP contribution in [0.5, 0.6) is 0 Å². The van der Waals surface area contributed by atoms with Gasteiger partial charge in [0.05, 0.1) is 17.2 Å². The molecule has 2 N–H and O–H groups in total. The molecule has 0 fully saturated rings. The van der Waals surface area contributed by atoms with E-state index >= 15 is 0 Å². The maximum atomic E-state index is 12.4. The zero-order valence-corrected chi connectivity index (χ0v) is 12.5. The van der Waals surface area contributed by atoms with Crippen molar-refractivity contribution < 1.29 is 14.0 Å². The topological polar surface area (TPSA) is 88.9 Å². The molecule has 106 valence electrons. The lowest BCUT2D eigenvalue weighted by molar-refractivity contribution is -0.113. The van der Waals surface area contributed by atoms with Gasteiger partial charge < -0.3 is 4.42 Å². The number of hydrazine groups is 1. The third kappa shape index (κ3) is 2.20. The predicted molar refractivity (Wildman–Crippen MR) is 77.1 cm³/mol. The number of nitrogens with two attached hydrogens (primary N) is 1. The fourth-order valence-electron chi connectivity index (χ4n) is 2.14. The Morgan fingerprint density at radius 3 is 2.81 bits per heavy atom. The van der Waals surface area contributed by atoms with Gasteiger partial charge in [-0.3, -0.25) is 9.59 Å². The molecule has 3 rings (SSSR count). The molecule has 1 aromatic carbocycles. The highest BCUT2D eigenvalue weighted by molar-refractivity contribution is 9.10. The number of hydrogen-bond acceptors (Lipinski definition) is 4. The van der Waals surface area contributed by atoms with E-state index in [2.05, 4.69) is 20.9 Å². The number of amides is 2. The SMILES string of the molecule is Cc1occc1C(=O)N(N)C1=c2cc(Br)ccc2=NC1=O. The van der Waals surface area contributed by atoms with E-state index < -0.39 is 11.8 Å². The van der Waals surface area contributed by atoms with E-state index in [4.69, 9.17) is 10.3 Å². The minimum Gasteiger partial charge on any atom is -0.469 e. The van der Waals surface area contributed by atoms with Gasteiger partial charge in [-0.25, -0.2) is 15.8 Å². The summed E-state index contributed by atoms with van der Waals surface area (Å²) in [5, 5.41) is 1.83. The quantitative estimate of drug-likeness (QED) is 0.490. The van der Waals surface area contributed by atoms with Crippen LogP contribution >= 0.6 is 15.9 Å². The van der Waals surface area contributed by atoms with Crippen LogP contribution in [0.4, 0.5) is 0 Å². The molecule has 0 spiro atoms. The number of furan rings is 1. The van der Waals surface area contributed by atoms with E-state index in [0.29, 0.717) is 21.9 Å². The zero-order valence-electron chi connectivity index (χ0n) is 11.0. The lowest BCUT2D eigenvalue weighted by Crippen LogP contribution is -2.41. The molecule has 0 saturated heterocycles. The number of rotatable bonds is 2. The van der Waals surface area contributed by atoms with Gasteiger partial charge in [0.1, 0.15) is 11.5 Å². The van der Waals surface area contributed by atoms with Gasteiger partial charge in [-0.1, -0.05) is 15.9 Å². The van der Waals surface area contributed by atoms with Crippen LogP contribution < -0.4 is 16.4 Å². The number of carbonyl (C=O) groups is 2. The van der Waals surface area contributed by atoms with Gasteiger partial charge >= 0.3 is 0 Å². The number of benzene rings is 1.